The summed E-state index contributed by atoms with van der Waals surface area (Å²) in [5, 5.41) is 9.55. The van der Waals surface area contributed by atoms with Crippen LogP contribution in [0.1, 0.15) is 37.3 Å². The summed E-state index contributed by atoms with van der Waals surface area (Å²) in [4.78, 5) is 27.2. The molecule has 3 saturated heterocycles. The van der Waals surface area contributed by atoms with Crippen molar-refractivity contribution >= 4 is 33.4 Å². The quantitative estimate of drug-likeness (QED) is 0.512. The Morgan fingerprint density at radius 3 is 2.57 bits per heavy atom. The smallest absolute Gasteiger partial charge is 0.367 e. The van der Waals surface area contributed by atoms with Crippen molar-refractivity contribution in [2.24, 2.45) is 11.8 Å². The number of imide groups is 1. The molecule has 2 amide bonds. The van der Waals surface area contributed by atoms with E-state index in [4.69, 9.17) is 10.00 Å². The molecular formula is C19H16BrF3N2O3. The molecule has 0 aromatic heterocycles. The van der Waals surface area contributed by atoms with E-state index in [1.165, 1.54) is 12.1 Å². The zero-order valence-electron chi connectivity index (χ0n) is 14.8. The molecule has 0 saturated carbocycles. The molecule has 0 aliphatic carbocycles. The van der Waals surface area contributed by atoms with Crippen molar-refractivity contribution in [1.29, 1.82) is 5.26 Å². The number of halogens is 4. The maximum absolute atomic E-state index is 13.3. The van der Waals surface area contributed by atoms with E-state index in [0.29, 0.717) is 30.7 Å². The van der Waals surface area contributed by atoms with Gasteiger partial charge in [-0.05, 0) is 44.4 Å². The fraction of sp³-hybridized carbons (Fsp3) is 0.526. The van der Waals surface area contributed by atoms with Crippen molar-refractivity contribution in [2.45, 2.75) is 43.6 Å². The van der Waals surface area contributed by atoms with Crippen molar-refractivity contribution in [3.05, 3.63) is 29.3 Å². The number of carbonyl (C=O) groups excluding carboxylic acids is 2. The third-order valence-electron chi connectivity index (χ3n) is 6.22. The Morgan fingerprint density at radius 2 is 1.96 bits per heavy atom. The molecule has 3 fully saturated rings. The van der Waals surface area contributed by atoms with Gasteiger partial charge in [0.1, 0.15) is 0 Å². The first kappa shape index (κ1) is 19.4. The summed E-state index contributed by atoms with van der Waals surface area (Å²) in [6, 6.07) is 4.42. The maximum atomic E-state index is 13.3. The summed E-state index contributed by atoms with van der Waals surface area (Å²) >= 11 is 3.37. The van der Waals surface area contributed by atoms with Gasteiger partial charge in [-0.15, -0.1) is 0 Å². The summed E-state index contributed by atoms with van der Waals surface area (Å²) in [5.74, 6) is -2.48. The predicted octanol–water partition coefficient (Wildman–Crippen LogP) is 3.79. The number of carbonyl (C=O) groups is 2. The van der Waals surface area contributed by atoms with E-state index in [0.717, 1.165) is 11.0 Å². The Balaban J connectivity index is 1.79. The van der Waals surface area contributed by atoms with E-state index in [-0.39, 0.29) is 5.69 Å². The predicted molar refractivity (Wildman–Crippen MR) is 95.5 cm³/mol. The van der Waals surface area contributed by atoms with Gasteiger partial charge in [-0.1, -0.05) is 15.9 Å². The number of fused-ring (bicyclic) bond motifs is 5. The standard InChI is InChI=1S/C19H16BrF3N2O3/c1-17-4-5-18(28-17,6-7-20)14-13(17)15(26)25(16(14)27)11-3-2-10(9-24)12(8-11)19(21,22)23/h2-3,8,13-14H,4-7H2,1H3/t13-,14+,17?,18?/m1/s1. The number of ether oxygens (including phenoxy) is 1. The van der Waals surface area contributed by atoms with E-state index in [9.17, 15) is 22.8 Å². The SMILES string of the molecule is CC12CCC(CCBr)(O1)[C@@H]1C(=O)N(c3ccc(C#N)c(C(F)(F)F)c3)C(=O)[C@@H]12. The molecule has 2 unspecified atom stereocenters. The molecule has 2 bridgehead atoms. The molecule has 4 atom stereocenters. The Kier molecular flexibility index (Phi) is 4.18. The van der Waals surface area contributed by atoms with Crippen LogP contribution in [0.2, 0.25) is 0 Å². The number of benzene rings is 1. The first-order chi connectivity index (χ1) is 13.1. The molecule has 3 aliphatic rings. The van der Waals surface area contributed by atoms with Crippen LogP contribution in [0.25, 0.3) is 0 Å². The van der Waals surface area contributed by atoms with Crippen molar-refractivity contribution in [3.8, 4) is 6.07 Å². The Morgan fingerprint density at radius 1 is 1.29 bits per heavy atom. The topological polar surface area (TPSA) is 70.4 Å². The van der Waals surface area contributed by atoms with Crippen molar-refractivity contribution in [3.63, 3.8) is 0 Å². The van der Waals surface area contributed by atoms with Crippen LogP contribution in [0.3, 0.4) is 0 Å². The van der Waals surface area contributed by atoms with Crippen LogP contribution in [-0.4, -0.2) is 28.3 Å². The highest BCUT2D eigenvalue weighted by Crippen LogP contribution is 2.62. The van der Waals surface area contributed by atoms with Gasteiger partial charge in [0.05, 0.1) is 45.9 Å². The largest absolute Gasteiger partial charge is 0.417 e. The van der Waals surface area contributed by atoms with Crippen LogP contribution in [-0.2, 0) is 20.5 Å². The maximum Gasteiger partial charge on any atom is 0.417 e. The second-order valence-corrected chi connectivity index (χ2v) is 8.52. The first-order valence-corrected chi connectivity index (χ1v) is 9.95. The molecule has 0 radical (unpaired) electrons. The van der Waals surface area contributed by atoms with Crippen LogP contribution < -0.4 is 4.90 Å². The number of amides is 2. The van der Waals surface area contributed by atoms with Gasteiger partial charge in [0, 0.05) is 5.33 Å². The van der Waals surface area contributed by atoms with Crippen molar-refractivity contribution in [2.75, 3.05) is 10.2 Å². The van der Waals surface area contributed by atoms with Gasteiger partial charge in [0.15, 0.2) is 0 Å². The summed E-state index contributed by atoms with van der Waals surface area (Å²) in [5.41, 5.74) is -3.45. The number of hydrogen-bond donors (Lipinski definition) is 0. The summed E-state index contributed by atoms with van der Waals surface area (Å²) < 4.78 is 46.1. The van der Waals surface area contributed by atoms with Crippen LogP contribution in [0.15, 0.2) is 18.2 Å². The second kappa shape index (κ2) is 6.04. The molecule has 4 rings (SSSR count). The van der Waals surface area contributed by atoms with Crippen LogP contribution in [0.5, 0.6) is 0 Å². The monoisotopic (exact) mass is 456 g/mol. The van der Waals surface area contributed by atoms with Crippen molar-refractivity contribution < 1.29 is 27.5 Å². The van der Waals surface area contributed by atoms with Gasteiger partial charge in [-0.2, -0.15) is 18.4 Å². The number of anilines is 1. The third kappa shape index (κ3) is 2.47. The first-order valence-electron chi connectivity index (χ1n) is 8.83. The minimum absolute atomic E-state index is 0.160. The highest BCUT2D eigenvalue weighted by Gasteiger charge is 2.73. The zero-order valence-corrected chi connectivity index (χ0v) is 16.4. The molecular weight excluding hydrogens is 441 g/mol. The molecule has 148 valence electrons. The van der Waals surface area contributed by atoms with Crippen LogP contribution in [0, 0.1) is 23.2 Å². The minimum atomic E-state index is -4.77. The van der Waals surface area contributed by atoms with Crippen LogP contribution in [0.4, 0.5) is 18.9 Å². The number of alkyl halides is 4. The number of nitrogens with zero attached hydrogens (tertiary/aromatic N) is 2. The lowest BCUT2D eigenvalue weighted by Gasteiger charge is -2.30. The number of rotatable bonds is 3. The third-order valence-corrected chi connectivity index (χ3v) is 6.61. The number of nitriles is 1. The zero-order chi connectivity index (χ0) is 20.5. The molecule has 1 aromatic rings. The minimum Gasteiger partial charge on any atom is -0.367 e. The lowest BCUT2D eigenvalue weighted by molar-refractivity contribution is -0.138. The Hall–Kier alpha value is -1.92. The molecule has 9 heteroatoms. The Labute approximate surface area is 167 Å². The molecule has 28 heavy (non-hydrogen) atoms. The van der Waals surface area contributed by atoms with Gasteiger partial charge in [0.2, 0.25) is 11.8 Å². The average molecular weight is 457 g/mol. The molecule has 0 N–H and O–H groups in total. The van der Waals surface area contributed by atoms with Crippen molar-refractivity contribution in [1.82, 2.24) is 0 Å². The van der Waals surface area contributed by atoms with Crippen LogP contribution >= 0.6 is 15.9 Å². The van der Waals surface area contributed by atoms with Gasteiger partial charge in [0.25, 0.3) is 0 Å². The molecule has 3 aliphatic heterocycles. The normalized spacial score (nSPS) is 34.1. The lowest BCUT2D eigenvalue weighted by Crippen LogP contribution is -2.42. The van der Waals surface area contributed by atoms with Gasteiger partial charge in [-0.25, -0.2) is 4.90 Å². The average Bonchev–Trinajstić information content (AvgIpc) is 3.19. The second-order valence-electron chi connectivity index (χ2n) is 7.73. The fourth-order valence-electron chi connectivity index (χ4n) is 5.03. The molecule has 1 aromatic carbocycles. The highest BCUT2D eigenvalue weighted by atomic mass is 79.9. The number of hydrogen-bond acceptors (Lipinski definition) is 4. The van der Waals surface area contributed by atoms with E-state index in [1.807, 2.05) is 0 Å². The fourth-order valence-corrected chi connectivity index (χ4v) is 5.70. The Bertz CT molecular complexity index is 924. The molecule has 0 spiro atoms. The van der Waals surface area contributed by atoms with Gasteiger partial charge >= 0.3 is 6.18 Å². The lowest BCUT2D eigenvalue weighted by atomic mass is 9.67. The molecule has 3 heterocycles. The summed E-state index contributed by atoms with van der Waals surface area (Å²) in [6.45, 7) is 1.79. The van der Waals surface area contributed by atoms with Gasteiger partial charge < -0.3 is 4.74 Å². The van der Waals surface area contributed by atoms with E-state index in [2.05, 4.69) is 15.9 Å². The summed E-state index contributed by atoms with van der Waals surface area (Å²) in [7, 11) is 0. The summed E-state index contributed by atoms with van der Waals surface area (Å²) in [6.07, 6.45) is -2.98. The highest BCUT2D eigenvalue weighted by molar-refractivity contribution is 9.09. The van der Waals surface area contributed by atoms with E-state index < -0.39 is 52.2 Å². The van der Waals surface area contributed by atoms with E-state index in [1.54, 1.807) is 6.92 Å². The van der Waals surface area contributed by atoms with Gasteiger partial charge in [-0.3, -0.25) is 9.59 Å². The van der Waals surface area contributed by atoms with E-state index >= 15 is 0 Å². The molecule has 5 nitrogen and oxygen atoms in total.